The molecule has 3 aromatic rings. The molecule has 0 unspecified atom stereocenters. The minimum absolute atomic E-state index is 0.1000. The van der Waals surface area contributed by atoms with Crippen molar-refractivity contribution in [3.8, 4) is 11.1 Å². The second-order valence-corrected chi connectivity index (χ2v) is 7.54. The first kappa shape index (κ1) is 20.0. The average Bonchev–Trinajstić information content (AvgIpc) is 3.22. The fraction of sp³-hybridized carbons (Fsp3) is 0.261. The standard InChI is InChI=1S/C23H24FN5O/c24-18-8-6-15(7-9-18)10-12-29-11-2-5-20(29)21-19(14-27-23(26)28-21)16-3-1-4-17(13-16)22(25)30/h1,3-4,6-9,13-14,20H,2,5,10-12H2,(H2,25,30)(H2,26,27,28)/t20-/m0/s1. The number of anilines is 1. The minimum Gasteiger partial charge on any atom is -0.368 e. The number of aromatic nitrogens is 2. The topological polar surface area (TPSA) is 98.1 Å². The van der Waals surface area contributed by atoms with E-state index in [2.05, 4.69) is 14.9 Å². The van der Waals surface area contributed by atoms with Crippen LogP contribution in [0.3, 0.4) is 0 Å². The highest BCUT2D eigenvalue weighted by atomic mass is 19.1. The van der Waals surface area contributed by atoms with Gasteiger partial charge in [-0.2, -0.15) is 0 Å². The van der Waals surface area contributed by atoms with Crippen LogP contribution in [0, 0.1) is 5.82 Å². The maximum Gasteiger partial charge on any atom is 0.248 e. The smallest absolute Gasteiger partial charge is 0.248 e. The Morgan fingerprint density at radius 2 is 2.00 bits per heavy atom. The van der Waals surface area contributed by atoms with E-state index in [9.17, 15) is 9.18 Å². The van der Waals surface area contributed by atoms with Crippen LogP contribution < -0.4 is 11.5 Å². The molecular formula is C23H24FN5O. The molecule has 4 N–H and O–H groups in total. The molecule has 0 radical (unpaired) electrons. The Morgan fingerprint density at radius 1 is 1.20 bits per heavy atom. The molecule has 6 nitrogen and oxygen atoms in total. The lowest BCUT2D eigenvalue weighted by molar-refractivity contribution is 0.100. The van der Waals surface area contributed by atoms with Crippen LogP contribution in [0.15, 0.2) is 54.7 Å². The van der Waals surface area contributed by atoms with Gasteiger partial charge >= 0.3 is 0 Å². The Balaban J connectivity index is 1.62. The number of halogens is 1. The van der Waals surface area contributed by atoms with Crippen LogP contribution in [0.1, 0.15) is 40.5 Å². The van der Waals surface area contributed by atoms with Gasteiger partial charge in [-0.05, 0) is 61.2 Å². The van der Waals surface area contributed by atoms with Gasteiger partial charge in [0.1, 0.15) is 5.82 Å². The summed E-state index contributed by atoms with van der Waals surface area (Å²) in [4.78, 5) is 22.8. The summed E-state index contributed by atoms with van der Waals surface area (Å²) < 4.78 is 13.2. The summed E-state index contributed by atoms with van der Waals surface area (Å²) in [6.45, 7) is 1.79. The van der Waals surface area contributed by atoms with Gasteiger partial charge in [-0.3, -0.25) is 9.69 Å². The second-order valence-electron chi connectivity index (χ2n) is 7.54. The van der Waals surface area contributed by atoms with Crippen molar-refractivity contribution in [1.29, 1.82) is 0 Å². The Bertz CT molecular complexity index is 1050. The van der Waals surface area contributed by atoms with Crippen molar-refractivity contribution in [2.75, 3.05) is 18.8 Å². The number of amides is 1. The molecule has 0 saturated carbocycles. The third kappa shape index (κ3) is 4.31. The number of nitrogens with zero attached hydrogens (tertiary/aromatic N) is 3. The molecule has 2 aromatic carbocycles. The maximum absolute atomic E-state index is 13.2. The summed E-state index contributed by atoms with van der Waals surface area (Å²) >= 11 is 0. The van der Waals surface area contributed by atoms with Gasteiger partial charge in [-0.25, -0.2) is 14.4 Å². The highest BCUT2D eigenvalue weighted by Crippen LogP contribution is 2.36. The summed E-state index contributed by atoms with van der Waals surface area (Å²) in [5.41, 5.74) is 15.5. The van der Waals surface area contributed by atoms with Crippen LogP contribution in [-0.2, 0) is 6.42 Å². The number of carbonyl (C=O) groups excluding carboxylic acids is 1. The van der Waals surface area contributed by atoms with Crippen molar-refractivity contribution in [3.05, 3.63) is 77.4 Å². The highest BCUT2D eigenvalue weighted by Gasteiger charge is 2.29. The zero-order valence-corrected chi connectivity index (χ0v) is 16.6. The molecule has 0 spiro atoms. The van der Waals surface area contributed by atoms with Gasteiger partial charge in [0.05, 0.1) is 11.7 Å². The SMILES string of the molecule is NC(=O)c1cccc(-c2cnc(N)nc2[C@@H]2CCCN2CCc2ccc(F)cc2)c1. The fourth-order valence-corrected chi connectivity index (χ4v) is 4.05. The molecule has 30 heavy (non-hydrogen) atoms. The van der Waals surface area contributed by atoms with Gasteiger partial charge in [0, 0.05) is 23.9 Å². The number of nitrogens with two attached hydrogens (primary N) is 2. The van der Waals surface area contributed by atoms with Gasteiger partial charge in [-0.15, -0.1) is 0 Å². The molecule has 1 amide bonds. The van der Waals surface area contributed by atoms with E-state index in [1.54, 1.807) is 24.4 Å². The summed E-state index contributed by atoms with van der Waals surface area (Å²) in [6.07, 6.45) is 4.55. The number of nitrogen functional groups attached to an aromatic ring is 1. The van der Waals surface area contributed by atoms with E-state index < -0.39 is 5.91 Å². The normalized spacial score (nSPS) is 16.6. The van der Waals surface area contributed by atoms with Crippen LogP contribution in [0.4, 0.5) is 10.3 Å². The van der Waals surface area contributed by atoms with E-state index in [1.807, 2.05) is 18.2 Å². The molecule has 1 aromatic heterocycles. The lowest BCUT2D eigenvalue weighted by Gasteiger charge is -2.26. The van der Waals surface area contributed by atoms with Crippen LogP contribution >= 0.6 is 0 Å². The lowest BCUT2D eigenvalue weighted by atomic mass is 9.98. The van der Waals surface area contributed by atoms with E-state index >= 15 is 0 Å². The van der Waals surface area contributed by atoms with E-state index in [0.29, 0.717) is 5.56 Å². The first-order chi connectivity index (χ1) is 14.5. The van der Waals surface area contributed by atoms with Gasteiger partial charge in [0.25, 0.3) is 0 Å². The summed E-state index contributed by atoms with van der Waals surface area (Å²) in [5.74, 6) is -0.473. The molecule has 1 fully saturated rings. The molecule has 1 saturated heterocycles. The van der Waals surface area contributed by atoms with Crippen LogP contribution in [0.25, 0.3) is 11.1 Å². The fourth-order valence-electron chi connectivity index (χ4n) is 4.05. The zero-order valence-electron chi connectivity index (χ0n) is 16.6. The van der Waals surface area contributed by atoms with Gasteiger partial charge in [0.15, 0.2) is 0 Å². The van der Waals surface area contributed by atoms with Crippen LogP contribution in [0.5, 0.6) is 0 Å². The highest BCUT2D eigenvalue weighted by molar-refractivity contribution is 5.94. The molecule has 0 bridgehead atoms. The van der Waals surface area contributed by atoms with Crippen molar-refractivity contribution in [1.82, 2.24) is 14.9 Å². The monoisotopic (exact) mass is 405 g/mol. The molecule has 154 valence electrons. The Labute approximate surface area is 174 Å². The number of hydrogen-bond acceptors (Lipinski definition) is 5. The maximum atomic E-state index is 13.2. The van der Waals surface area contributed by atoms with Gasteiger partial charge < -0.3 is 11.5 Å². The first-order valence-corrected chi connectivity index (χ1v) is 10.0. The first-order valence-electron chi connectivity index (χ1n) is 10.0. The molecule has 7 heteroatoms. The Morgan fingerprint density at radius 3 is 2.77 bits per heavy atom. The van der Waals surface area contributed by atoms with Crippen LogP contribution in [-0.4, -0.2) is 33.9 Å². The lowest BCUT2D eigenvalue weighted by Crippen LogP contribution is -2.27. The molecular weight excluding hydrogens is 381 g/mol. The van der Waals surface area contributed by atoms with E-state index in [-0.39, 0.29) is 17.8 Å². The number of benzene rings is 2. The number of rotatable bonds is 6. The number of primary amides is 1. The molecule has 2 heterocycles. The van der Waals surface area contributed by atoms with E-state index in [4.69, 9.17) is 11.5 Å². The minimum atomic E-state index is -0.475. The van der Waals surface area contributed by atoms with E-state index in [0.717, 1.165) is 54.7 Å². The number of carbonyl (C=O) groups is 1. The van der Waals surface area contributed by atoms with Gasteiger partial charge in [-0.1, -0.05) is 24.3 Å². The zero-order chi connectivity index (χ0) is 21.1. The third-order valence-corrected chi connectivity index (χ3v) is 5.58. The van der Waals surface area contributed by atoms with Crippen molar-refractivity contribution in [3.63, 3.8) is 0 Å². The van der Waals surface area contributed by atoms with E-state index in [1.165, 1.54) is 12.1 Å². The summed E-state index contributed by atoms with van der Waals surface area (Å²) in [6, 6.07) is 13.9. The van der Waals surface area contributed by atoms with Crippen molar-refractivity contribution in [2.45, 2.75) is 25.3 Å². The average molecular weight is 405 g/mol. The largest absolute Gasteiger partial charge is 0.368 e. The second kappa shape index (κ2) is 8.59. The quantitative estimate of drug-likeness (QED) is 0.655. The number of hydrogen-bond donors (Lipinski definition) is 2. The summed E-state index contributed by atoms with van der Waals surface area (Å²) in [5, 5.41) is 0. The summed E-state index contributed by atoms with van der Waals surface area (Å²) in [7, 11) is 0. The predicted molar refractivity (Wildman–Crippen MR) is 114 cm³/mol. The Kier molecular flexibility index (Phi) is 5.72. The molecule has 0 aliphatic carbocycles. The van der Waals surface area contributed by atoms with Gasteiger partial charge in [0.2, 0.25) is 11.9 Å². The van der Waals surface area contributed by atoms with Crippen LogP contribution in [0.2, 0.25) is 0 Å². The molecule has 1 atom stereocenters. The van der Waals surface area contributed by atoms with Crippen molar-refractivity contribution < 1.29 is 9.18 Å². The number of likely N-dealkylation sites (tertiary alicyclic amines) is 1. The molecule has 1 aliphatic heterocycles. The predicted octanol–water partition coefficient (Wildman–Crippen LogP) is 3.34. The molecule has 4 rings (SSSR count). The molecule has 1 aliphatic rings. The van der Waals surface area contributed by atoms with Crippen molar-refractivity contribution >= 4 is 11.9 Å². The Hall–Kier alpha value is -3.32. The van der Waals surface area contributed by atoms with Crippen molar-refractivity contribution in [2.24, 2.45) is 5.73 Å². The third-order valence-electron chi connectivity index (χ3n) is 5.58.